The summed E-state index contributed by atoms with van der Waals surface area (Å²) in [6.07, 6.45) is -0.101. The second-order valence-electron chi connectivity index (χ2n) is 2.72. The third-order valence-electron chi connectivity index (χ3n) is 1.81. The molecule has 0 aromatic rings. The van der Waals surface area contributed by atoms with Gasteiger partial charge in [-0.25, -0.2) is 4.39 Å². The summed E-state index contributed by atoms with van der Waals surface area (Å²) in [5, 5.41) is 2.90. The minimum absolute atomic E-state index is 0. The third kappa shape index (κ3) is 3.36. The van der Waals surface area contributed by atoms with Crippen LogP contribution in [0.4, 0.5) is 4.39 Å². The minimum atomic E-state index is -0.801. The van der Waals surface area contributed by atoms with Crippen LogP contribution in [0.3, 0.4) is 0 Å². The molecule has 5 heteroatoms. The van der Waals surface area contributed by atoms with Gasteiger partial charge in [-0.05, 0) is 6.42 Å². The number of ether oxygens (including phenoxy) is 1. The van der Waals surface area contributed by atoms with E-state index in [2.05, 4.69) is 10.1 Å². The number of hydrogen-bond donors (Lipinski definition) is 1. The zero-order chi connectivity index (χ0) is 8.27. The molecule has 1 aliphatic heterocycles. The lowest BCUT2D eigenvalue weighted by Gasteiger charge is -2.06. The van der Waals surface area contributed by atoms with Crippen molar-refractivity contribution in [3.05, 3.63) is 0 Å². The Hall–Kier alpha value is -0.350. The molecular weight excluding hydrogens is 185 g/mol. The fraction of sp³-hybridized carbons (Fsp3) is 0.857. The molecular formula is C7H13ClFNO2. The van der Waals surface area contributed by atoms with Gasteiger partial charge in [-0.1, -0.05) is 0 Å². The Kier molecular flexibility index (Phi) is 5.17. The molecule has 1 aliphatic rings. The number of methoxy groups -OCH3 is 1. The van der Waals surface area contributed by atoms with E-state index in [1.165, 1.54) is 7.11 Å². The van der Waals surface area contributed by atoms with E-state index >= 15 is 0 Å². The lowest BCUT2D eigenvalue weighted by Crippen LogP contribution is -2.24. The quantitative estimate of drug-likeness (QED) is 0.662. The van der Waals surface area contributed by atoms with Crippen molar-refractivity contribution in [3.8, 4) is 0 Å². The molecule has 0 aromatic heterocycles. The summed E-state index contributed by atoms with van der Waals surface area (Å²) in [4.78, 5) is 10.7. The lowest BCUT2D eigenvalue weighted by atomic mass is 10.1. The average molecular weight is 198 g/mol. The van der Waals surface area contributed by atoms with Crippen LogP contribution in [0.25, 0.3) is 0 Å². The average Bonchev–Trinajstić information content (AvgIpc) is 2.35. The van der Waals surface area contributed by atoms with Gasteiger partial charge in [-0.15, -0.1) is 12.4 Å². The van der Waals surface area contributed by atoms with Crippen LogP contribution in [0.2, 0.25) is 0 Å². The van der Waals surface area contributed by atoms with Crippen molar-refractivity contribution in [2.24, 2.45) is 0 Å². The van der Waals surface area contributed by atoms with E-state index < -0.39 is 6.17 Å². The predicted molar refractivity (Wildman–Crippen MR) is 45.2 cm³/mol. The summed E-state index contributed by atoms with van der Waals surface area (Å²) in [7, 11) is 1.34. The van der Waals surface area contributed by atoms with Gasteiger partial charge in [0.05, 0.1) is 13.5 Å². The summed E-state index contributed by atoms with van der Waals surface area (Å²) in [5.41, 5.74) is 0. The lowest BCUT2D eigenvalue weighted by molar-refractivity contribution is -0.141. The maximum absolute atomic E-state index is 12.5. The van der Waals surface area contributed by atoms with E-state index in [0.29, 0.717) is 13.0 Å². The molecule has 0 aromatic carbocycles. The molecule has 0 radical (unpaired) electrons. The Morgan fingerprint density at radius 1 is 1.75 bits per heavy atom. The monoisotopic (exact) mass is 197 g/mol. The molecule has 12 heavy (non-hydrogen) atoms. The Balaban J connectivity index is 0.00000121. The molecule has 1 N–H and O–H groups in total. The van der Waals surface area contributed by atoms with Crippen molar-refractivity contribution in [1.29, 1.82) is 0 Å². The summed E-state index contributed by atoms with van der Waals surface area (Å²) in [6.45, 7) is 0.363. The van der Waals surface area contributed by atoms with Crippen LogP contribution >= 0.6 is 12.4 Å². The van der Waals surface area contributed by atoms with Crippen molar-refractivity contribution in [2.75, 3.05) is 13.7 Å². The summed E-state index contributed by atoms with van der Waals surface area (Å²) < 4.78 is 17.0. The first-order valence-corrected chi connectivity index (χ1v) is 3.66. The van der Waals surface area contributed by atoms with Crippen LogP contribution in [-0.4, -0.2) is 31.8 Å². The molecule has 3 nitrogen and oxygen atoms in total. The van der Waals surface area contributed by atoms with Gasteiger partial charge in [-0.3, -0.25) is 4.79 Å². The van der Waals surface area contributed by atoms with Crippen molar-refractivity contribution in [1.82, 2.24) is 5.32 Å². The number of rotatable bonds is 2. The molecule has 0 spiro atoms. The number of hydrogen-bond acceptors (Lipinski definition) is 3. The highest BCUT2D eigenvalue weighted by Crippen LogP contribution is 2.12. The molecule has 72 valence electrons. The summed E-state index contributed by atoms with van der Waals surface area (Å²) in [6, 6.07) is -0.0301. The summed E-state index contributed by atoms with van der Waals surface area (Å²) >= 11 is 0. The topological polar surface area (TPSA) is 38.3 Å². The minimum Gasteiger partial charge on any atom is -0.469 e. The smallest absolute Gasteiger partial charge is 0.307 e. The first-order chi connectivity index (χ1) is 5.22. The number of nitrogens with one attached hydrogen (secondary N) is 1. The zero-order valence-electron chi connectivity index (χ0n) is 6.88. The van der Waals surface area contributed by atoms with Gasteiger partial charge in [0, 0.05) is 12.6 Å². The van der Waals surface area contributed by atoms with Crippen molar-refractivity contribution in [2.45, 2.75) is 25.1 Å². The third-order valence-corrected chi connectivity index (χ3v) is 1.81. The van der Waals surface area contributed by atoms with E-state index in [9.17, 15) is 9.18 Å². The molecule has 0 saturated carbocycles. The highest BCUT2D eigenvalue weighted by molar-refractivity contribution is 5.85. The van der Waals surface area contributed by atoms with Gasteiger partial charge in [0.15, 0.2) is 0 Å². The van der Waals surface area contributed by atoms with Gasteiger partial charge in [0.2, 0.25) is 0 Å². The number of carbonyl (C=O) groups is 1. The normalized spacial score (nSPS) is 27.8. The first-order valence-electron chi connectivity index (χ1n) is 3.66. The van der Waals surface area contributed by atoms with E-state index in [0.717, 1.165) is 0 Å². The van der Waals surface area contributed by atoms with Gasteiger partial charge >= 0.3 is 5.97 Å². The van der Waals surface area contributed by atoms with Gasteiger partial charge in [0.25, 0.3) is 0 Å². The van der Waals surface area contributed by atoms with E-state index in [1.54, 1.807) is 0 Å². The number of carbonyl (C=O) groups excluding carboxylic acids is 1. The maximum atomic E-state index is 12.5. The fourth-order valence-electron chi connectivity index (χ4n) is 1.21. The van der Waals surface area contributed by atoms with E-state index in [1.807, 2.05) is 0 Å². The van der Waals surface area contributed by atoms with Crippen molar-refractivity contribution < 1.29 is 13.9 Å². The highest BCUT2D eigenvalue weighted by Gasteiger charge is 2.25. The van der Waals surface area contributed by atoms with Crippen LogP contribution in [0.1, 0.15) is 12.8 Å². The number of esters is 1. The first kappa shape index (κ1) is 11.6. The Labute approximate surface area is 77.1 Å². The van der Waals surface area contributed by atoms with E-state index in [4.69, 9.17) is 0 Å². The van der Waals surface area contributed by atoms with Crippen LogP contribution in [0.15, 0.2) is 0 Å². The Morgan fingerprint density at radius 3 is 2.83 bits per heavy atom. The molecule has 0 aliphatic carbocycles. The fourth-order valence-corrected chi connectivity index (χ4v) is 1.21. The second kappa shape index (κ2) is 5.32. The number of halogens is 2. The van der Waals surface area contributed by atoms with Crippen molar-refractivity contribution in [3.63, 3.8) is 0 Å². The summed E-state index contributed by atoms with van der Waals surface area (Å²) in [5.74, 6) is -0.281. The predicted octanol–water partition coefficient (Wildman–Crippen LogP) is 0.671. The van der Waals surface area contributed by atoms with Crippen LogP contribution in [-0.2, 0) is 9.53 Å². The molecule has 0 bridgehead atoms. The molecule has 1 saturated heterocycles. The molecule has 0 unspecified atom stereocenters. The standard InChI is InChI=1S/C7H12FNO2.ClH/c1-11-7(10)3-6-2-5(8)4-9-6;/h5-6,9H,2-4H2,1H3;1H/t5-,6+;/m0./s1. The molecule has 2 atom stereocenters. The Morgan fingerprint density at radius 2 is 2.42 bits per heavy atom. The maximum Gasteiger partial charge on any atom is 0.307 e. The van der Waals surface area contributed by atoms with Gasteiger partial charge in [0.1, 0.15) is 6.17 Å². The van der Waals surface area contributed by atoms with Crippen LogP contribution < -0.4 is 5.32 Å². The van der Waals surface area contributed by atoms with E-state index in [-0.39, 0.29) is 30.8 Å². The van der Waals surface area contributed by atoms with Crippen LogP contribution in [0.5, 0.6) is 0 Å². The Bertz CT molecular complexity index is 156. The molecule has 0 amide bonds. The van der Waals surface area contributed by atoms with Gasteiger partial charge < -0.3 is 10.1 Å². The highest BCUT2D eigenvalue weighted by atomic mass is 35.5. The van der Waals surface area contributed by atoms with Crippen molar-refractivity contribution >= 4 is 18.4 Å². The SMILES string of the molecule is COC(=O)C[C@H]1C[C@H](F)CN1.Cl. The largest absolute Gasteiger partial charge is 0.469 e. The zero-order valence-corrected chi connectivity index (χ0v) is 7.70. The molecule has 1 heterocycles. The molecule has 1 fully saturated rings. The van der Waals surface area contributed by atoms with Crippen LogP contribution in [0, 0.1) is 0 Å². The molecule has 1 rings (SSSR count). The second-order valence-corrected chi connectivity index (χ2v) is 2.72. The van der Waals surface area contributed by atoms with Gasteiger partial charge in [-0.2, -0.15) is 0 Å². The number of alkyl halides is 1.